The van der Waals surface area contributed by atoms with Gasteiger partial charge in [0.25, 0.3) is 0 Å². The molecule has 0 atom stereocenters. The molecule has 0 aliphatic carbocycles. The van der Waals surface area contributed by atoms with E-state index in [-0.39, 0.29) is 0 Å². The lowest BCUT2D eigenvalue weighted by atomic mass is 9.92. The van der Waals surface area contributed by atoms with E-state index in [1.54, 1.807) is 0 Å². The molecule has 27 heavy (non-hydrogen) atoms. The Labute approximate surface area is 174 Å². The Bertz CT molecular complexity index is 1090. The Hall–Kier alpha value is -2.04. The van der Waals surface area contributed by atoms with E-state index >= 15 is 0 Å². The van der Waals surface area contributed by atoms with Crippen molar-refractivity contribution in [1.29, 1.82) is 0 Å². The normalized spacial score (nSPS) is 13.7. The molecular formula is C23H16Br2O2. The van der Waals surface area contributed by atoms with Crippen LogP contribution in [-0.4, -0.2) is 13.2 Å². The molecular weight excluding hydrogens is 468 g/mol. The summed E-state index contributed by atoms with van der Waals surface area (Å²) in [5.41, 5.74) is 2.20. The van der Waals surface area contributed by atoms with Crippen molar-refractivity contribution in [2.75, 3.05) is 13.2 Å². The van der Waals surface area contributed by atoms with Crippen molar-refractivity contribution in [3.05, 3.63) is 69.6 Å². The van der Waals surface area contributed by atoms with Crippen molar-refractivity contribution in [2.45, 2.75) is 6.42 Å². The van der Waals surface area contributed by atoms with Crippen LogP contribution < -0.4 is 9.47 Å². The maximum absolute atomic E-state index is 6.18. The van der Waals surface area contributed by atoms with E-state index in [4.69, 9.17) is 9.47 Å². The average molecular weight is 484 g/mol. The topological polar surface area (TPSA) is 18.5 Å². The van der Waals surface area contributed by atoms with Gasteiger partial charge >= 0.3 is 0 Å². The van der Waals surface area contributed by atoms with E-state index < -0.39 is 0 Å². The van der Waals surface area contributed by atoms with Gasteiger partial charge in [-0.15, -0.1) is 0 Å². The lowest BCUT2D eigenvalue weighted by Crippen LogP contribution is -2.03. The van der Waals surface area contributed by atoms with Gasteiger partial charge in [-0.1, -0.05) is 56.1 Å². The van der Waals surface area contributed by atoms with E-state index in [1.807, 2.05) is 0 Å². The van der Waals surface area contributed by atoms with Gasteiger partial charge in [0.1, 0.15) is 11.5 Å². The fourth-order valence-electron chi connectivity index (χ4n) is 3.74. The monoisotopic (exact) mass is 482 g/mol. The van der Waals surface area contributed by atoms with Gasteiger partial charge in [0.2, 0.25) is 0 Å². The summed E-state index contributed by atoms with van der Waals surface area (Å²) < 4.78 is 14.5. The summed E-state index contributed by atoms with van der Waals surface area (Å²) in [7, 11) is 0. The molecule has 0 bridgehead atoms. The molecule has 134 valence electrons. The molecule has 1 aliphatic heterocycles. The third kappa shape index (κ3) is 3.01. The second-order valence-electron chi connectivity index (χ2n) is 6.66. The van der Waals surface area contributed by atoms with Crippen LogP contribution in [0.25, 0.3) is 32.7 Å². The van der Waals surface area contributed by atoms with E-state index in [0.29, 0.717) is 13.2 Å². The zero-order valence-electron chi connectivity index (χ0n) is 14.5. The third-order valence-electron chi connectivity index (χ3n) is 4.94. The molecule has 2 nitrogen and oxygen atoms in total. The van der Waals surface area contributed by atoms with E-state index in [9.17, 15) is 0 Å². The fraction of sp³-hybridized carbons (Fsp3) is 0.130. The van der Waals surface area contributed by atoms with Gasteiger partial charge in [-0.2, -0.15) is 0 Å². The second-order valence-corrected chi connectivity index (χ2v) is 8.49. The molecule has 4 aromatic carbocycles. The van der Waals surface area contributed by atoms with Gasteiger partial charge in [-0.25, -0.2) is 0 Å². The van der Waals surface area contributed by atoms with Crippen LogP contribution in [0.1, 0.15) is 6.42 Å². The third-order valence-corrected chi connectivity index (χ3v) is 5.93. The predicted octanol–water partition coefficient (Wildman–Crippen LogP) is 7.35. The van der Waals surface area contributed by atoms with Gasteiger partial charge in [-0.3, -0.25) is 0 Å². The Morgan fingerprint density at radius 2 is 1.07 bits per heavy atom. The highest BCUT2D eigenvalue weighted by Gasteiger charge is 2.20. The largest absolute Gasteiger partial charge is 0.493 e. The van der Waals surface area contributed by atoms with E-state index in [0.717, 1.165) is 48.8 Å². The van der Waals surface area contributed by atoms with Crippen molar-refractivity contribution >= 4 is 53.4 Å². The first-order valence-corrected chi connectivity index (χ1v) is 10.5. The lowest BCUT2D eigenvalue weighted by molar-refractivity contribution is 0.252. The smallest absolute Gasteiger partial charge is 0.127 e. The number of halogens is 2. The Kier molecular flexibility index (Phi) is 4.33. The average Bonchev–Trinajstić information content (AvgIpc) is 2.76. The zero-order chi connectivity index (χ0) is 18.4. The predicted molar refractivity (Wildman–Crippen MR) is 118 cm³/mol. The summed E-state index contributed by atoms with van der Waals surface area (Å²) in [6.07, 6.45) is 0.857. The van der Waals surface area contributed by atoms with Crippen LogP contribution in [0.5, 0.6) is 11.5 Å². The first-order chi connectivity index (χ1) is 13.2. The minimum atomic E-state index is 0.645. The maximum Gasteiger partial charge on any atom is 0.127 e. The summed E-state index contributed by atoms with van der Waals surface area (Å²) in [5.74, 6) is 1.82. The standard InChI is InChI=1S/C23H16Br2O2/c24-16-4-6-18-14(12-16)2-8-20-22(18)23-19-7-5-17(25)13-15(19)3-9-21(23)27-11-1-10-26-20/h2-9,12-13H,1,10-11H2. The van der Waals surface area contributed by atoms with E-state index in [1.165, 1.54) is 10.8 Å². The lowest BCUT2D eigenvalue weighted by Gasteiger charge is -2.18. The molecule has 0 amide bonds. The molecule has 0 N–H and O–H groups in total. The highest BCUT2D eigenvalue weighted by molar-refractivity contribution is 9.10. The molecule has 1 heterocycles. The number of ether oxygens (including phenoxy) is 2. The van der Waals surface area contributed by atoms with Crippen LogP contribution >= 0.6 is 31.9 Å². The summed E-state index contributed by atoms with van der Waals surface area (Å²) in [4.78, 5) is 0. The Balaban J connectivity index is 1.94. The van der Waals surface area contributed by atoms with Crippen LogP contribution in [0.2, 0.25) is 0 Å². The second kappa shape index (κ2) is 6.84. The summed E-state index contributed by atoms with van der Waals surface area (Å²) in [6, 6.07) is 21.2. The fourth-order valence-corrected chi connectivity index (χ4v) is 4.50. The van der Waals surface area contributed by atoms with Gasteiger partial charge < -0.3 is 9.47 Å². The van der Waals surface area contributed by atoms with Gasteiger partial charge in [0.05, 0.1) is 13.2 Å². The molecule has 0 spiro atoms. The quantitative estimate of drug-likeness (QED) is 0.260. The van der Waals surface area contributed by atoms with Crippen LogP contribution in [0, 0.1) is 0 Å². The summed E-state index contributed by atoms with van der Waals surface area (Å²) >= 11 is 7.17. The van der Waals surface area contributed by atoms with Crippen LogP contribution in [0.3, 0.4) is 0 Å². The molecule has 0 aromatic heterocycles. The number of benzene rings is 4. The van der Waals surface area contributed by atoms with Crippen LogP contribution in [0.15, 0.2) is 69.6 Å². The molecule has 0 fully saturated rings. The summed E-state index contributed by atoms with van der Waals surface area (Å²) in [6.45, 7) is 1.29. The molecule has 4 heteroatoms. The molecule has 0 unspecified atom stereocenters. The Morgan fingerprint density at radius 3 is 1.56 bits per heavy atom. The SMILES string of the molecule is Brc1ccc2c3c(ccc2c1)OCCCOc1ccc2cc(Br)ccc2c1-3. The van der Waals surface area contributed by atoms with Gasteiger partial charge in [0.15, 0.2) is 0 Å². The number of hydrogen-bond donors (Lipinski definition) is 0. The van der Waals surface area contributed by atoms with Crippen molar-refractivity contribution in [1.82, 2.24) is 0 Å². The highest BCUT2D eigenvalue weighted by Crippen LogP contribution is 2.46. The Morgan fingerprint density at radius 1 is 0.593 bits per heavy atom. The van der Waals surface area contributed by atoms with Crippen LogP contribution in [0.4, 0.5) is 0 Å². The molecule has 0 saturated heterocycles. The van der Waals surface area contributed by atoms with Crippen molar-refractivity contribution in [3.8, 4) is 22.6 Å². The summed E-state index contributed by atoms with van der Waals surface area (Å²) in [5, 5.41) is 4.67. The van der Waals surface area contributed by atoms with Crippen LogP contribution in [-0.2, 0) is 0 Å². The van der Waals surface area contributed by atoms with Gasteiger partial charge in [-0.05, 0) is 57.9 Å². The number of fused-ring (bicyclic) bond motifs is 7. The minimum absolute atomic E-state index is 0.645. The van der Waals surface area contributed by atoms with Gasteiger partial charge in [0, 0.05) is 26.5 Å². The maximum atomic E-state index is 6.18. The highest BCUT2D eigenvalue weighted by atomic mass is 79.9. The first kappa shape index (κ1) is 17.1. The first-order valence-electron chi connectivity index (χ1n) is 8.91. The molecule has 0 radical (unpaired) electrons. The van der Waals surface area contributed by atoms with E-state index in [2.05, 4.69) is 92.5 Å². The molecule has 0 saturated carbocycles. The minimum Gasteiger partial charge on any atom is -0.493 e. The molecule has 4 aromatic rings. The van der Waals surface area contributed by atoms with Crippen molar-refractivity contribution in [3.63, 3.8) is 0 Å². The van der Waals surface area contributed by atoms with Crippen molar-refractivity contribution in [2.24, 2.45) is 0 Å². The molecule has 5 rings (SSSR count). The zero-order valence-corrected chi connectivity index (χ0v) is 17.6. The number of rotatable bonds is 0. The van der Waals surface area contributed by atoms with Crippen molar-refractivity contribution < 1.29 is 9.47 Å². The molecule has 1 aliphatic rings. The number of hydrogen-bond acceptors (Lipinski definition) is 2.